The molecule has 0 aliphatic carbocycles. The maximum Gasteiger partial charge on any atom is 0.338 e. The molecule has 3 N–H and O–H groups in total. The van der Waals surface area contributed by atoms with Crippen LogP contribution in [0.2, 0.25) is 0 Å². The number of nitrogens with zero attached hydrogens (tertiary/aromatic N) is 1. The van der Waals surface area contributed by atoms with Gasteiger partial charge in [-0.15, -0.1) is 11.8 Å². The first-order valence-electron chi connectivity index (χ1n) is 5.44. The topological polar surface area (TPSA) is 142 Å². The Bertz CT molecular complexity index is 604. The lowest BCUT2D eigenvalue weighted by Crippen LogP contribution is -2.37. The van der Waals surface area contributed by atoms with Gasteiger partial charge >= 0.3 is 12.0 Å². The zero-order valence-electron chi connectivity index (χ0n) is 10.8. The van der Waals surface area contributed by atoms with Gasteiger partial charge in [-0.1, -0.05) is 0 Å². The van der Waals surface area contributed by atoms with Gasteiger partial charge in [0.15, 0.2) is 6.61 Å². The molecule has 0 bridgehead atoms. The van der Waals surface area contributed by atoms with E-state index in [4.69, 9.17) is 5.73 Å². The maximum absolute atomic E-state index is 11.7. The second-order valence-corrected chi connectivity index (χ2v) is 4.48. The van der Waals surface area contributed by atoms with Crippen molar-refractivity contribution < 1.29 is 24.0 Å². The summed E-state index contributed by atoms with van der Waals surface area (Å²) >= 11 is 1.16. The molecule has 0 spiro atoms. The molecule has 0 saturated heterocycles. The summed E-state index contributed by atoms with van der Waals surface area (Å²) in [5.74, 6) is -1.82. The van der Waals surface area contributed by atoms with Gasteiger partial charge in [0.1, 0.15) is 0 Å². The number of carbonyl (C=O) groups excluding carboxylic acids is 3. The van der Waals surface area contributed by atoms with Gasteiger partial charge < -0.3 is 10.5 Å². The van der Waals surface area contributed by atoms with Crippen LogP contribution in [0.15, 0.2) is 23.1 Å². The minimum Gasteiger partial charge on any atom is -0.452 e. The van der Waals surface area contributed by atoms with Gasteiger partial charge in [0.25, 0.3) is 11.6 Å². The van der Waals surface area contributed by atoms with Gasteiger partial charge in [-0.25, -0.2) is 9.59 Å². The zero-order chi connectivity index (χ0) is 16.0. The summed E-state index contributed by atoms with van der Waals surface area (Å²) in [5.41, 5.74) is 4.39. The van der Waals surface area contributed by atoms with E-state index in [0.29, 0.717) is 4.90 Å². The molecule has 0 aliphatic heterocycles. The Kier molecular flexibility index (Phi) is 5.67. The average Bonchev–Trinajstić information content (AvgIpc) is 2.43. The molecule has 21 heavy (non-hydrogen) atoms. The van der Waals surface area contributed by atoms with Crippen LogP contribution in [0.5, 0.6) is 0 Å². The van der Waals surface area contributed by atoms with Gasteiger partial charge in [0.2, 0.25) is 0 Å². The third kappa shape index (κ3) is 4.76. The molecule has 0 radical (unpaired) electrons. The minimum atomic E-state index is -1.07. The number of imide groups is 1. The molecule has 0 unspecified atom stereocenters. The van der Waals surface area contributed by atoms with E-state index in [1.54, 1.807) is 11.6 Å². The molecule has 0 atom stereocenters. The van der Waals surface area contributed by atoms with Crippen LogP contribution >= 0.6 is 11.8 Å². The predicted octanol–water partition coefficient (Wildman–Crippen LogP) is 0.668. The number of nitrogens with one attached hydrogen (secondary N) is 1. The summed E-state index contributed by atoms with van der Waals surface area (Å²) < 4.78 is 4.61. The van der Waals surface area contributed by atoms with Crippen LogP contribution in [-0.4, -0.2) is 35.7 Å². The van der Waals surface area contributed by atoms with Gasteiger partial charge in [0, 0.05) is 6.07 Å². The number of amides is 3. The maximum atomic E-state index is 11.7. The van der Waals surface area contributed by atoms with Gasteiger partial charge in [0.05, 0.1) is 15.4 Å². The quantitative estimate of drug-likeness (QED) is 0.352. The molecule has 0 saturated carbocycles. The first kappa shape index (κ1) is 16.4. The second-order valence-electron chi connectivity index (χ2n) is 3.63. The van der Waals surface area contributed by atoms with Gasteiger partial charge in [-0.2, -0.15) is 0 Å². The number of esters is 1. The van der Waals surface area contributed by atoms with Crippen molar-refractivity contribution in [3.05, 3.63) is 33.9 Å². The number of nitrogens with two attached hydrogens (primary N) is 1. The van der Waals surface area contributed by atoms with Crippen molar-refractivity contribution in [3.8, 4) is 0 Å². The van der Waals surface area contributed by atoms with Crippen molar-refractivity contribution in [2.24, 2.45) is 5.73 Å². The van der Waals surface area contributed by atoms with Gasteiger partial charge in [-0.05, 0) is 18.4 Å². The standard InChI is InChI=1S/C11H11N3O6S/c1-21-8-3-2-6(4-7(8)14(18)19)10(16)20-5-9(15)13-11(12)17/h2-4H,5H2,1H3,(H3,12,13,15,17). The normalized spacial score (nSPS) is 9.76. The van der Waals surface area contributed by atoms with E-state index in [2.05, 4.69) is 4.74 Å². The number of thioether (sulfide) groups is 1. The van der Waals surface area contributed by atoms with Crippen LogP contribution < -0.4 is 11.1 Å². The molecule has 0 aliphatic rings. The smallest absolute Gasteiger partial charge is 0.338 e. The third-order valence-electron chi connectivity index (χ3n) is 2.21. The summed E-state index contributed by atoms with van der Waals surface area (Å²) in [5, 5.41) is 12.6. The molecule has 10 heteroatoms. The Morgan fingerprint density at radius 3 is 2.62 bits per heavy atom. The fraction of sp³-hybridized carbons (Fsp3) is 0.182. The Morgan fingerprint density at radius 2 is 2.10 bits per heavy atom. The summed E-state index contributed by atoms with van der Waals surface area (Å²) in [6, 6.07) is 2.73. The van der Waals surface area contributed by atoms with Crippen molar-refractivity contribution >= 4 is 35.4 Å². The molecule has 1 rings (SSSR count). The Morgan fingerprint density at radius 1 is 1.43 bits per heavy atom. The molecule has 0 fully saturated rings. The molecule has 0 heterocycles. The fourth-order valence-electron chi connectivity index (χ4n) is 1.35. The molecule has 0 aromatic heterocycles. The third-order valence-corrected chi connectivity index (χ3v) is 2.99. The lowest BCUT2D eigenvalue weighted by atomic mass is 10.2. The first-order valence-corrected chi connectivity index (χ1v) is 6.66. The van der Waals surface area contributed by atoms with Crippen molar-refractivity contribution in [2.45, 2.75) is 4.90 Å². The molecular weight excluding hydrogens is 302 g/mol. The molecule has 112 valence electrons. The number of primary amides is 1. The molecular formula is C11H11N3O6S. The number of hydrogen-bond donors (Lipinski definition) is 2. The highest BCUT2D eigenvalue weighted by molar-refractivity contribution is 7.98. The lowest BCUT2D eigenvalue weighted by Gasteiger charge is -2.05. The lowest BCUT2D eigenvalue weighted by molar-refractivity contribution is -0.387. The number of nitro groups is 1. The highest BCUT2D eigenvalue weighted by Gasteiger charge is 2.18. The number of nitro benzene ring substituents is 1. The van der Waals surface area contributed by atoms with Gasteiger partial charge in [-0.3, -0.25) is 20.2 Å². The van der Waals surface area contributed by atoms with E-state index < -0.39 is 29.4 Å². The monoisotopic (exact) mass is 313 g/mol. The molecule has 1 aromatic carbocycles. The van der Waals surface area contributed by atoms with Crippen LogP contribution in [-0.2, 0) is 9.53 Å². The first-order chi connectivity index (χ1) is 9.85. The van der Waals surface area contributed by atoms with Crippen molar-refractivity contribution in [3.63, 3.8) is 0 Å². The van der Waals surface area contributed by atoms with Crippen molar-refractivity contribution in [1.29, 1.82) is 0 Å². The Hall–Kier alpha value is -2.62. The van der Waals surface area contributed by atoms with E-state index in [1.165, 1.54) is 12.1 Å². The summed E-state index contributed by atoms with van der Waals surface area (Å²) in [6.07, 6.45) is 1.66. The number of carbonyl (C=O) groups is 3. The van der Waals surface area contributed by atoms with E-state index in [-0.39, 0.29) is 11.3 Å². The largest absolute Gasteiger partial charge is 0.452 e. The highest BCUT2D eigenvalue weighted by atomic mass is 32.2. The van der Waals surface area contributed by atoms with Crippen LogP contribution in [0.4, 0.5) is 10.5 Å². The summed E-state index contributed by atoms with van der Waals surface area (Å²) in [7, 11) is 0. The van der Waals surface area contributed by atoms with E-state index in [9.17, 15) is 24.5 Å². The van der Waals surface area contributed by atoms with Crippen LogP contribution in [0.25, 0.3) is 0 Å². The predicted molar refractivity (Wildman–Crippen MR) is 72.9 cm³/mol. The van der Waals surface area contributed by atoms with E-state index in [1.807, 2.05) is 0 Å². The number of urea groups is 1. The zero-order valence-corrected chi connectivity index (χ0v) is 11.6. The summed E-state index contributed by atoms with van der Waals surface area (Å²) in [6.45, 7) is -0.722. The number of hydrogen-bond acceptors (Lipinski definition) is 7. The minimum absolute atomic E-state index is 0.0774. The van der Waals surface area contributed by atoms with Crippen LogP contribution in [0, 0.1) is 10.1 Å². The fourth-order valence-corrected chi connectivity index (χ4v) is 1.89. The van der Waals surface area contributed by atoms with Crippen LogP contribution in [0.1, 0.15) is 10.4 Å². The van der Waals surface area contributed by atoms with Crippen LogP contribution in [0.3, 0.4) is 0 Å². The van der Waals surface area contributed by atoms with Crippen molar-refractivity contribution in [2.75, 3.05) is 12.9 Å². The second kappa shape index (κ2) is 7.24. The number of rotatable bonds is 5. The van der Waals surface area contributed by atoms with E-state index in [0.717, 1.165) is 17.8 Å². The molecule has 1 aromatic rings. The Balaban J connectivity index is 2.79. The summed E-state index contributed by atoms with van der Waals surface area (Å²) in [4.78, 5) is 43.7. The molecule has 9 nitrogen and oxygen atoms in total. The van der Waals surface area contributed by atoms with Crippen molar-refractivity contribution in [1.82, 2.24) is 5.32 Å². The van der Waals surface area contributed by atoms with E-state index >= 15 is 0 Å². The molecule has 3 amide bonds. The number of benzene rings is 1. The Labute approximate surface area is 123 Å². The highest BCUT2D eigenvalue weighted by Crippen LogP contribution is 2.28. The number of ether oxygens (including phenoxy) is 1. The SMILES string of the molecule is CSc1ccc(C(=O)OCC(=O)NC(N)=O)cc1[N+](=O)[O-]. The average molecular weight is 313 g/mol.